The Bertz CT molecular complexity index is 958. The van der Waals surface area contributed by atoms with Gasteiger partial charge in [0.15, 0.2) is 4.71 Å². The zero-order valence-electron chi connectivity index (χ0n) is 18.3. The molecule has 178 valence electrons. The zero-order valence-corrected chi connectivity index (χ0v) is 20.7. The molecule has 0 saturated heterocycles. The van der Waals surface area contributed by atoms with Crippen LogP contribution in [0.2, 0.25) is 0 Å². The molecule has 2 aromatic rings. The van der Waals surface area contributed by atoms with E-state index < -0.39 is 12.6 Å². The normalized spacial score (nSPS) is 11.8. The lowest BCUT2D eigenvalue weighted by Gasteiger charge is -2.12. The number of esters is 1. The Hall–Kier alpha value is -1.39. The fourth-order valence-electron chi connectivity index (χ4n) is 2.78. The average Bonchev–Trinajstić information content (AvgIpc) is 2.71. The number of ether oxygens (including phenoxy) is 2. The van der Waals surface area contributed by atoms with Gasteiger partial charge in [0.1, 0.15) is 17.9 Å². The lowest BCUT2D eigenvalue weighted by molar-refractivity contribution is -0.146. The highest BCUT2D eigenvalue weighted by molar-refractivity contribution is 8.02. The Morgan fingerprint density at radius 3 is 2.41 bits per heavy atom. The van der Waals surface area contributed by atoms with Crippen LogP contribution >= 0.6 is 35.7 Å². The van der Waals surface area contributed by atoms with E-state index in [1.807, 2.05) is 13.8 Å². The fourth-order valence-corrected chi connectivity index (χ4v) is 4.85. The van der Waals surface area contributed by atoms with Crippen LogP contribution in [0, 0.1) is 17.5 Å². The molecule has 0 amide bonds. The van der Waals surface area contributed by atoms with Crippen molar-refractivity contribution in [3.63, 3.8) is 0 Å². The van der Waals surface area contributed by atoms with E-state index in [4.69, 9.17) is 26.1 Å². The minimum absolute atomic E-state index is 0.000946. The summed E-state index contributed by atoms with van der Waals surface area (Å²) in [6, 6.07) is 5.09. The predicted octanol–water partition coefficient (Wildman–Crippen LogP) is 6.62. The third-order valence-electron chi connectivity index (χ3n) is 4.45. The number of carbonyl (C=O) groups excluding carboxylic acids is 1. The summed E-state index contributed by atoms with van der Waals surface area (Å²) in [4.78, 5) is 11.3. The standard InChI is InChI=1S/C22H27F3O4S3/c1-14(2)20(26)28-7-9-32-11-10-31-8-6-27-16-4-5-17-15(3)18(13-22(23,24)25)21(30)29-19(17)12-16/h4-5,12,14H,6-11,13H2,1-3H3. The van der Waals surface area contributed by atoms with Gasteiger partial charge in [0.05, 0.1) is 18.9 Å². The molecule has 0 saturated carbocycles. The van der Waals surface area contributed by atoms with Gasteiger partial charge in [-0.3, -0.25) is 4.79 Å². The van der Waals surface area contributed by atoms with E-state index in [-0.39, 0.29) is 22.2 Å². The van der Waals surface area contributed by atoms with Gasteiger partial charge in [-0.05, 0) is 36.8 Å². The van der Waals surface area contributed by atoms with Crippen molar-refractivity contribution >= 4 is 52.7 Å². The Morgan fingerprint density at radius 2 is 1.78 bits per heavy atom. The highest BCUT2D eigenvalue weighted by atomic mass is 32.2. The molecular weight excluding hydrogens is 481 g/mol. The first-order valence-corrected chi connectivity index (χ1v) is 12.9. The van der Waals surface area contributed by atoms with Gasteiger partial charge in [-0.15, -0.1) is 0 Å². The largest absolute Gasteiger partial charge is 0.493 e. The van der Waals surface area contributed by atoms with Gasteiger partial charge in [0.25, 0.3) is 0 Å². The van der Waals surface area contributed by atoms with Crippen molar-refractivity contribution in [2.45, 2.75) is 33.4 Å². The summed E-state index contributed by atoms with van der Waals surface area (Å²) in [5.74, 6) is 3.82. The first-order valence-electron chi connectivity index (χ1n) is 10.2. The zero-order chi connectivity index (χ0) is 23.7. The first kappa shape index (κ1) is 26.9. The number of thioether (sulfide) groups is 2. The molecular formula is C22H27F3O4S3. The Kier molecular flexibility index (Phi) is 10.7. The topological polar surface area (TPSA) is 48.7 Å². The van der Waals surface area contributed by atoms with Crippen molar-refractivity contribution in [2.75, 3.05) is 36.2 Å². The molecule has 0 spiro atoms. The van der Waals surface area contributed by atoms with Crippen LogP contribution in [0.3, 0.4) is 0 Å². The van der Waals surface area contributed by atoms with Crippen molar-refractivity contribution in [3.8, 4) is 5.75 Å². The maximum Gasteiger partial charge on any atom is 0.393 e. The number of aryl methyl sites for hydroxylation is 1. The second kappa shape index (κ2) is 12.7. The van der Waals surface area contributed by atoms with Crippen LogP contribution in [0.25, 0.3) is 11.0 Å². The van der Waals surface area contributed by atoms with E-state index in [2.05, 4.69) is 0 Å². The van der Waals surface area contributed by atoms with Crippen LogP contribution < -0.4 is 4.74 Å². The third-order valence-corrected chi connectivity index (χ3v) is 6.93. The number of alkyl halides is 3. The number of benzene rings is 1. The molecule has 0 radical (unpaired) electrons. The maximum atomic E-state index is 12.8. The molecule has 4 nitrogen and oxygen atoms in total. The average molecular weight is 509 g/mol. The van der Waals surface area contributed by atoms with E-state index in [0.29, 0.717) is 35.5 Å². The number of rotatable bonds is 12. The quantitative estimate of drug-likeness (QED) is 0.181. The molecule has 0 N–H and O–H groups in total. The fraction of sp³-hybridized carbons (Fsp3) is 0.545. The molecule has 32 heavy (non-hydrogen) atoms. The highest BCUT2D eigenvalue weighted by Crippen LogP contribution is 2.31. The lowest BCUT2D eigenvalue weighted by atomic mass is 10.0. The van der Waals surface area contributed by atoms with Gasteiger partial charge in [-0.1, -0.05) is 13.8 Å². The van der Waals surface area contributed by atoms with E-state index in [1.54, 1.807) is 48.6 Å². The molecule has 0 aliphatic carbocycles. The third kappa shape index (κ3) is 8.86. The van der Waals surface area contributed by atoms with Crippen LogP contribution in [0.4, 0.5) is 13.2 Å². The number of halogens is 3. The summed E-state index contributed by atoms with van der Waals surface area (Å²) < 4.78 is 54.6. The maximum absolute atomic E-state index is 12.8. The lowest BCUT2D eigenvalue weighted by Crippen LogP contribution is -2.13. The summed E-state index contributed by atoms with van der Waals surface area (Å²) in [6.45, 7) is 6.18. The smallest absolute Gasteiger partial charge is 0.393 e. The molecule has 2 rings (SSSR count). The molecule has 0 bridgehead atoms. The number of hydrogen-bond acceptors (Lipinski definition) is 7. The van der Waals surface area contributed by atoms with E-state index >= 15 is 0 Å². The Balaban J connectivity index is 1.73. The number of carbonyl (C=O) groups is 1. The predicted molar refractivity (Wildman–Crippen MR) is 127 cm³/mol. The van der Waals surface area contributed by atoms with Gasteiger partial charge in [0.2, 0.25) is 0 Å². The van der Waals surface area contributed by atoms with Gasteiger partial charge < -0.3 is 13.9 Å². The summed E-state index contributed by atoms with van der Waals surface area (Å²) in [5.41, 5.74) is 0.895. The minimum atomic E-state index is -4.35. The molecule has 0 atom stereocenters. The molecule has 0 unspecified atom stereocenters. The van der Waals surface area contributed by atoms with Crippen LogP contribution in [-0.2, 0) is 16.0 Å². The van der Waals surface area contributed by atoms with E-state index in [0.717, 1.165) is 23.0 Å². The second-order valence-corrected chi connectivity index (χ2v) is 10.2. The Morgan fingerprint density at radius 1 is 1.12 bits per heavy atom. The van der Waals surface area contributed by atoms with Crippen molar-refractivity contribution in [1.29, 1.82) is 0 Å². The van der Waals surface area contributed by atoms with Gasteiger partial charge in [-0.2, -0.15) is 36.7 Å². The first-order chi connectivity index (χ1) is 15.1. The summed E-state index contributed by atoms with van der Waals surface area (Å²) in [7, 11) is 0. The molecule has 1 heterocycles. The Labute approximate surface area is 199 Å². The number of hydrogen-bond donors (Lipinski definition) is 0. The van der Waals surface area contributed by atoms with E-state index in [9.17, 15) is 18.0 Å². The SMILES string of the molecule is Cc1c(CC(F)(F)F)c(=S)oc2cc(OCCSCCSCCOC(=O)C(C)C)ccc12. The molecule has 1 aromatic heterocycles. The van der Waals surface area contributed by atoms with Crippen molar-refractivity contribution < 1.29 is 31.9 Å². The molecule has 10 heteroatoms. The second-order valence-electron chi connectivity index (χ2n) is 7.34. The summed E-state index contributed by atoms with van der Waals surface area (Å²) >= 11 is 8.53. The summed E-state index contributed by atoms with van der Waals surface area (Å²) in [6.07, 6.45) is -5.45. The summed E-state index contributed by atoms with van der Waals surface area (Å²) in [5, 5.41) is 0.593. The van der Waals surface area contributed by atoms with Gasteiger partial charge in [0, 0.05) is 40.0 Å². The number of fused-ring (bicyclic) bond motifs is 1. The van der Waals surface area contributed by atoms with Crippen molar-refractivity contribution in [1.82, 2.24) is 0 Å². The molecule has 0 aliphatic heterocycles. The van der Waals surface area contributed by atoms with Crippen molar-refractivity contribution in [2.24, 2.45) is 5.92 Å². The highest BCUT2D eigenvalue weighted by Gasteiger charge is 2.30. The molecule has 1 aromatic carbocycles. The van der Waals surface area contributed by atoms with Gasteiger partial charge >= 0.3 is 12.1 Å². The molecule has 0 fully saturated rings. The monoisotopic (exact) mass is 508 g/mol. The van der Waals surface area contributed by atoms with Crippen LogP contribution in [0.5, 0.6) is 5.75 Å². The van der Waals surface area contributed by atoms with Crippen LogP contribution in [0.15, 0.2) is 22.6 Å². The van der Waals surface area contributed by atoms with Crippen LogP contribution in [0.1, 0.15) is 25.0 Å². The van der Waals surface area contributed by atoms with E-state index in [1.165, 1.54) is 0 Å². The molecule has 0 aliphatic rings. The minimum Gasteiger partial charge on any atom is -0.493 e. The van der Waals surface area contributed by atoms with Crippen LogP contribution in [-0.4, -0.2) is 48.4 Å². The van der Waals surface area contributed by atoms with Crippen molar-refractivity contribution in [3.05, 3.63) is 34.0 Å². The van der Waals surface area contributed by atoms with Gasteiger partial charge in [-0.25, -0.2) is 0 Å².